The largest absolute Gasteiger partial charge is 0.478 e. The maximum Gasteiger partial charge on any atom is 0.335 e. The quantitative estimate of drug-likeness (QED) is 0.624. The van der Waals surface area contributed by atoms with Crippen molar-refractivity contribution in [3.8, 4) is 11.7 Å². The molecule has 2 aromatic heterocycles. The van der Waals surface area contributed by atoms with Crippen molar-refractivity contribution in [2.75, 3.05) is 20.6 Å². The normalized spacial score (nSPS) is 11.0. The van der Waals surface area contributed by atoms with Gasteiger partial charge in [0, 0.05) is 23.3 Å². The number of aromatic nitrogens is 3. The lowest BCUT2D eigenvalue weighted by Gasteiger charge is -2.13. The molecule has 28 heavy (non-hydrogen) atoms. The summed E-state index contributed by atoms with van der Waals surface area (Å²) in [7, 11) is 3.99. The van der Waals surface area contributed by atoms with Crippen LogP contribution in [-0.2, 0) is 13.0 Å². The van der Waals surface area contributed by atoms with Gasteiger partial charge in [0.05, 0.1) is 11.8 Å². The highest BCUT2D eigenvalue weighted by molar-refractivity contribution is 6.30. The molecule has 0 aliphatic heterocycles. The number of aromatic carboxylic acids is 1. The van der Waals surface area contributed by atoms with Crippen LogP contribution in [-0.4, -0.2) is 51.4 Å². The van der Waals surface area contributed by atoms with Crippen molar-refractivity contribution in [3.05, 3.63) is 70.5 Å². The summed E-state index contributed by atoms with van der Waals surface area (Å²) in [6.07, 6.45) is 3.92. The van der Waals surface area contributed by atoms with E-state index in [0.717, 1.165) is 24.1 Å². The molecule has 0 atom stereocenters. The molecule has 0 saturated heterocycles. The molecule has 0 fully saturated rings. The molecule has 0 aliphatic carbocycles. The van der Waals surface area contributed by atoms with Crippen molar-refractivity contribution in [2.24, 2.45) is 0 Å². The summed E-state index contributed by atoms with van der Waals surface area (Å²) in [6, 6.07) is 10.3. The zero-order valence-corrected chi connectivity index (χ0v) is 16.4. The summed E-state index contributed by atoms with van der Waals surface area (Å²) in [6.45, 7) is 1.15. The molecule has 1 N–H and O–H groups in total. The maximum atomic E-state index is 11.3. The molecule has 3 aromatic rings. The Bertz CT molecular complexity index is 954. The lowest BCUT2D eigenvalue weighted by Crippen LogP contribution is -2.15. The van der Waals surface area contributed by atoms with Gasteiger partial charge in [-0.3, -0.25) is 0 Å². The first-order valence-electron chi connectivity index (χ1n) is 8.72. The van der Waals surface area contributed by atoms with Crippen LogP contribution < -0.4 is 4.74 Å². The first-order valence-corrected chi connectivity index (χ1v) is 9.10. The first-order chi connectivity index (χ1) is 13.4. The van der Waals surface area contributed by atoms with Gasteiger partial charge in [-0.05, 0) is 50.3 Å². The number of likely N-dealkylation sites (N-methyl/N-ethyl adjacent to an activating group) is 1. The van der Waals surface area contributed by atoms with Crippen LogP contribution in [0, 0.1) is 0 Å². The second-order valence-electron chi connectivity index (χ2n) is 6.56. The van der Waals surface area contributed by atoms with Gasteiger partial charge >= 0.3 is 5.97 Å². The number of rotatable bonds is 8. The molecular formula is C20H21ClN4O3. The fourth-order valence-corrected chi connectivity index (χ4v) is 2.73. The van der Waals surface area contributed by atoms with E-state index in [2.05, 4.69) is 15.0 Å². The molecule has 3 rings (SSSR count). The Hall–Kier alpha value is -2.90. The summed E-state index contributed by atoms with van der Waals surface area (Å²) < 4.78 is 7.61. The van der Waals surface area contributed by atoms with Gasteiger partial charge in [-0.15, -0.1) is 0 Å². The Morgan fingerprint density at radius 2 is 2.00 bits per heavy atom. The number of carbonyl (C=O) groups is 1. The Labute approximate surface area is 168 Å². The number of halogens is 1. The molecule has 0 aliphatic rings. The zero-order valence-electron chi connectivity index (χ0n) is 15.7. The van der Waals surface area contributed by atoms with E-state index in [1.165, 1.54) is 23.0 Å². The summed E-state index contributed by atoms with van der Waals surface area (Å²) in [5.41, 5.74) is 2.02. The first kappa shape index (κ1) is 19.9. The van der Waals surface area contributed by atoms with Gasteiger partial charge in [-0.2, -0.15) is 9.78 Å². The number of nitrogens with zero attached hydrogens (tertiary/aromatic N) is 4. The zero-order chi connectivity index (χ0) is 20.1. The fraction of sp³-hybridized carbons (Fsp3) is 0.250. The number of pyridine rings is 1. The van der Waals surface area contributed by atoms with Crippen molar-refractivity contribution in [1.82, 2.24) is 19.7 Å². The van der Waals surface area contributed by atoms with Gasteiger partial charge < -0.3 is 14.7 Å². The van der Waals surface area contributed by atoms with Crippen molar-refractivity contribution in [2.45, 2.75) is 13.0 Å². The number of ether oxygens (including phenoxy) is 1. The van der Waals surface area contributed by atoms with Crippen molar-refractivity contribution in [1.29, 1.82) is 0 Å². The van der Waals surface area contributed by atoms with E-state index in [1.54, 1.807) is 6.20 Å². The van der Waals surface area contributed by atoms with E-state index in [0.29, 0.717) is 23.3 Å². The molecule has 0 unspecified atom stereocenters. The van der Waals surface area contributed by atoms with Gasteiger partial charge in [-0.25, -0.2) is 9.78 Å². The standard InChI is InChI=1S/C20H21ClN4O3/c1-24(2)10-8-16-12-23-25(18-11-15(20(26)27)7-9-22-18)19(16)28-13-14-3-5-17(21)6-4-14/h3-7,9,11-12H,8,10,13H2,1-2H3,(H,26,27). The Kier molecular flexibility index (Phi) is 6.28. The average Bonchev–Trinajstić information content (AvgIpc) is 3.09. The average molecular weight is 401 g/mol. The van der Waals surface area contributed by atoms with Crippen LogP contribution in [0.15, 0.2) is 48.8 Å². The van der Waals surface area contributed by atoms with E-state index in [9.17, 15) is 9.90 Å². The summed E-state index contributed by atoms with van der Waals surface area (Å²) in [5, 5.41) is 14.3. The molecule has 0 amide bonds. The van der Waals surface area contributed by atoms with Crippen LogP contribution in [0.25, 0.3) is 5.82 Å². The number of hydrogen-bond acceptors (Lipinski definition) is 5. The van der Waals surface area contributed by atoms with Crippen LogP contribution >= 0.6 is 11.6 Å². The third-order valence-corrected chi connectivity index (χ3v) is 4.37. The smallest absolute Gasteiger partial charge is 0.335 e. The highest BCUT2D eigenvalue weighted by Gasteiger charge is 2.16. The highest BCUT2D eigenvalue weighted by atomic mass is 35.5. The molecule has 0 spiro atoms. The minimum atomic E-state index is -1.02. The molecule has 146 valence electrons. The summed E-state index contributed by atoms with van der Waals surface area (Å²) >= 11 is 5.94. The second kappa shape index (κ2) is 8.86. The molecule has 0 saturated carbocycles. The molecule has 7 nitrogen and oxygen atoms in total. The lowest BCUT2D eigenvalue weighted by atomic mass is 10.2. The SMILES string of the molecule is CN(C)CCc1cnn(-c2cc(C(=O)O)ccn2)c1OCc1ccc(Cl)cc1. The van der Waals surface area contributed by atoms with E-state index in [-0.39, 0.29) is 5.56 Å². The Balaban J connectivity index is 1.91. The van der Waals surface area contributed by atoms with Crippen LogP contribution in [0.3, 0.4) is 0 Å². The fourth-order valence-electron chi connectivity index (χ4n) is 2.60. The number of benzene rings is 1. The summed E-state index contributed by atoms with van der Waals surface area (Å²) in [5.74, 6) is -0.0822. The Morgan fingerprint density at radius 1 is 1.25 bits per heavy atom. The van der Waals surface area contributed by atoms with Crippen molar-refractivity contribution < 1.29 is 14.6 Å². The predicted octanol–water partition coefficient (Wildman–Crippen LogP) is 3.30. The highest BCUT2D eigenvalue weighted by Crippen LogP contribution is 2.24. The van der Waals surface area contributed by atoms with Gasteiger partial charge in [0.15, 0.2) is 5.82 Å². The van der Waals surface area contributed by atoms with E-state index in [1.807, 2.05) is 38.4 Å². The van der Waals surface area contributed by atoms with Gasteiger partial charge in [-0.1, -0.05) is 23.7 Å². The van der Waals surface area contributed by atoms with Gasteiger partial charge in [0.1, 0.15) is 6.61 Å². The predicted molar refractivity (Wildman–Crippen MR) is 106 cm³/mol. The van der Waals surface area contributed by atoms with Crippen LogP contribution in [0.5, 0.6) is 5.88 Å². The van der Waals surface area contributed by atoms with Gasteiger partial charge in [0.25, 0.3) is 0 Å². The topological polar surface area (TPSA) is 80.5 Å². The summed E-state index contributed by atoms with van der Waals surface area (Å²) in [4.78, 5) is 17.6. The van der Waals surface area contributed by atoms with Crippen molar-refractivity contribution in [3.63, 3.8) is 0 Å². The third kappa shape index (κ3) is 4.88. The molecule has 8 heteroatoms. The van der Waals surface area contributed by atoms with Crippen LogP contribution in [0.4, 0.5) is 0 Å². The molecule has 0 bridgehead atoms. The number of carboxylic acid groups (broad SMARTS) is 1. The van der Waals surface area contributed by atoms with E-state index >= 15 is 0 Å². The molecule has 2 heterocycles. The third-order valence-electron chi connectivity index (χ3n) is 4.12. The molecule has 1 aromatic carbocycles. The molecule has 0 radical (unpaired) electrons. The van der Waals surface area contributed by atoms with E-state index in [4.69, 9.17) is 16.3 Å². The maximum absolute atomic E-state index is 11.3. The Morgan fingerprint density at radius 3 is 2.68 bits per heavy atom. The van der Waals surface area contributed by atoms with Crippen LogP contribution in [0.2, 0.25) is 5.02 Å². The van der Waals surface area contributed by atoms with Crippen molar-refractivity contribution >= 4 is 17.6 Å². The second-order valence-corrected chi connectivity index (χ2v) is 7.00. The number of carboxylic acids is 1. The van der Waals surface area contributed by atoms with E-state index < -0.39 is 5.97 Å². The van der Waals surface area contributed by atoms with Gasteiger partial charge in [0.2, 0.25) is 5.88 Å². The number of hydrogen-bond donors (Lipinski definition) is 1. The van der Waals surface area contributed by atoms with Crippen LogP contribution in [0.1, 0.15) is 21.5 Å². The minimum absolute atomic E-state index is 0.138. The lowest BCUT2D eigenvalue weighted by molar-refractivity contribution is 0.0696. The minimum Gasteiger partial charge on any atom is -0.478 e. The monoisotopic (exact) mass is 400 g/mol. The molecular weight excluding hydrogens is 380 g/mol.